The van der Waals surface area contributed by atoms with E-state index in [1.54, 1.807) is 43.5 Å². The zero-order chi connectivity index (χ0) is 22.7. The zero-order valence-corrected chi connectivity index (χ0v) is 17.7. The summed E-state index contributed by atoms with van der Waals surface area (Å²) >= 11 is 0. The molecule has 0 unspecified atom stereocenters. The fraction of sp³-hybridized carbons (Fsp3) is 0.125. The molecule has 0 aliphatic carbocycles. The van der Waals surface area contributed by atoms with E-state index in [-0.39, 0.29) is 11.3 Å². The Morgan fingerprint density at radius 1 is 0.812 bits per heavy atom. The van der Waals surface area contributed by atoms with Crippen molar-refractivity contribution >= 4 is 10.9 Å². The number of nitrogens with zero attached hydrogens (tertiary/aromatic N) is 5. The van der Waals surface area contributed by atoms with Crippen LogP contribution in [0.1, 0.15) is 19.6 Å². The van der Waals surface area contributed by atoms with E-state index in [9.17, 15) is 8.78 Å². The average Bonchev–Trinajstić information content (AvgIpc) is 3.26. The minimum Gasteiger partial charge on any atom is -0.361 e. The summed E-state index contributed by atoms with van der Waals surface area (Å²) in [5.74, 6) is -0.288. The Kier molecular flexibility index (Phi) is 5.93. The molecule has 3 aromatic heterocycles. The molecule has 160 valence electrons. The quantitative estimate of drug-likeness (QED) is 0.348. The van der Waals surface area contributed by atoms with Gasteiger partial charge in [-0.15, -0.1) is 10.2 Å². The van der Waals surface area contributed by atoms with Crippen molar-refractivity contribution in [2.75, 3.05) is 0 Å². The van der Waals surface area contributed by atoms with Crippen LogP contribution in [-0.2, 0) is 0 Å². The smallest absolute Gasteiger partial charge is 0.162 e. The number of aryl methyl sites for hydroxylation is 1. The van der Waals surface area contributed by atoms with Gasteiger partial charge in [-0.1, -0.05) is 37.2 Å². The Morgan fingerprint density at radius 3 is 2.28 bits per heavy atom. The number of hydrogen-bond acceptors (Lipinski definition) is 6. The molecule has 2 aromatic carbocycles. The maximum Gasteiger partial charge on any atom is 0.162 e. The highest BCUT2D eigenvalue weighted by Gasteiger charge is 2.16. The molecule has 0 saturated heterocycles. The summed E-state index contributed by atoms with van der Waals surface area (Å²) < 4.78 is 33.4. The van der Waals surface area contributed by atoms with Gasteiger partial charge in [0.15, 0.2) is 5.82 Å². The summed E-state index contributed by atoms with van der Waals surface area (Å²) in [5.41, 5.74) is 2.26. The van der Waals surface area contributed by atoms with E-state index in [0.29, 0.717) is 39.4 Å². The average molecular weight is 431 g/mol. The lowest BCUT2D eigenvalue weighted by molar-refractivity contribution is 0.399. The normalized spacial score (nSPS) is 10.7. The molecule has 0 N–H and O–H groups in total. The summed E-state index contributed by atoms with van der Waals surface area (Å²) in [5, 5.41) is 12.9. The first kappa shape index (κ1) is 21.2. The number of aromatic nitrogens is 5. The Labute approximate surface area is 183 Å². The van der Waals surface area contributed by atoms with Gasteiger partial charge in [0.25, 0.3) is 0 Å². The zero-order valence-electron chi connectivity index (χ0n) is 17.7. The molecule has 3 heterocycles. The molecule has 8 heteroatoms. The van der Waals surface area contributed by atoms with Crippen molar-refractivity contribution in [3.63, 3.8) is 0 Å². The molecule has 0 atom stereocenters. The lowest BCUT2D eigenvalue weighted by Gasteiger charge is -2.08. The Bertz CT molecular complexity index is 1380. The van der Waals surface area contributed by atoms with E-state index < -0.39 is 11.6 Å². The number of benzene rings is 2. The highest BCUT2D eigenvalue weighted by atomic mass is 19.1. The van der Waals surface area contributed by atoms with E-state index in [1.807, 2.05) is 19.9 Å². The number of fused-ring (bicyclic) bond motifs is 1. The van der Waals surface area contributed by atoms with Gasteiger partial charge in [-0.25, -0.2) is 18.7 Å². The van der Waals surface area contributed by atoms with Crippen molar-refractivity contribution in [3.05, 3.63) is 78.2 Å². The van der Waals surface area contributed by atoms with E-state index in [4.69, 9.17) is 4.52 Å². The van der Waals surface area contributed by atoms with Gasteiger partial charge in [0.05, 0.1) is 17.0 Å². The van der Waals surface area contributed by atoms with Crippen molar-refractivity contribution in [1.82, 2.24) is 25.3 Å². The standard InChI is InChI=1S/C22H13F2N5O.C2H6/c1-12-10-18(29-30-12)17-8-9-25-22(26-17)14-5-2-4-13-11-19(27-28-21(13)14)20-15(23)6-3-7-16(20)24;1-2/h2-11H,1H3;1-2H3. The fourth-order valence-corrected chi connectivity index (χ4v) is 3.23. The van der Waals surface area contributed by atoms with E-state index in [0.717, 1.165) is 0 Å². The highest BCUT2D eigenvalue weighted by molar-refractivity contribution is 5.93. The molecule has 0 saturated carbocycles. The first-order valence-corrected chi connectivity index (χ1v) is 10.1. The van der Waals surface area contributed by atoms with Crippen LogP contribution < -0.4 is 0 Å². The summed E-state index contributed by atoms with van der Waals surface area (Å²) in [6, 6.07) is 14.2. The maximum absolute atomic E-state index is 14.1. The third-order valence-electron chi connectivity index (χ3n) is 4.62. The monoisotopic (exact) mass is 431 g/mol. The molecule has 32 heavy (non-hydrogen) atoms. The molecule has 0 bridgehead atoms. The van der Waals surface area contributed by atoms with Crippen LogP contribution in [-0.4, -0.2) is 25.3 Å². The van der Waals surface area contributed by atoms with Gasteiger partial charge in [-0.3, -0.25) is 0 Å². The van der Waals surface area contributed by atoms with Crippen LogP contribution in [0.25, 0.3) is 44.9 Å². The lowest BCUT2D eigenvalue weighted by Crippen LogP contribution is -1.97. The molecule has 0 radical (unpaired) electrons. The van der Waals surface area contributed by atoms with Crippen LogP contribution in [0.2, 0.25) is 0 Å². The van der Waals surface area contributed by atoms with E-state index in [1.165, 1.54) is 18.2 Å². The summed E-state index contributed by atoms with van der Waals surface area (Å²) in [4.78, 5) is 8.91. The molecule has 0 amide bonds. The molecule has 0 fully saturated rings. The van der Waals surface area contributed by atoms with Crippen molar-refractivity contribution in [3.8, 4) is 34.0 Å². The van der Waals surface area contributed by atoms with Crippen LogP contribution >= 0.6 is 0 Å². The van der Waals surface area contributed by atoms with Gasteiger partial charge in [0.2, 0.25) is 0 Å². The van der Waals surface area contributed by atoms with Crippen LogP contribution in [0.5, 0.6) is 0 Å². The minimum atomic E-state index is -0.696. The number of hydrogen-bond donors (Lipinski definition) is 0. The van der Waals surface area contributed by atoms with E-state index in [2.05, 4.69) is 25.3 Å². The van der Waals surface area contributed by atoms with Crippen molar-refractivity contribution < 1.29 is 13.3 Å². The van der Waals surface area contributed by atoms with Crippen LogP contribution in [0.3, 0.4) is 0 Å². The second-order valence-corrected chi connectivity index (χ2v) is 6.66. The summed E-state index contributed by atoms with van der Waals surface area (Å²) in [7, 11) is 0. The van der Waals surface area contributed by atoms with Crippen LogP contribution in [0.4, 0.5) is 8.78 Å². The first-order valence-electron chi connectivity index (χ1n) is 10.1. The molecule has 6 nitrogen and oxygen atoms in total. The van der Waals surface area contributed by atoms with Crippen molar-refractivity contribution in [2.24, 2.45) is 0 Å². The maximum atomic E-state index is 14.1. The molecule has 5 rings (SSSR count). The highest BCUT2D eigenvalue weighted by Crippen LogP contribution is 2.30. The van der Waals surface area contributed by atoms with Gasteiger partial charge in [0, 0.05) is 23.2 Å². The SMILES string of the molecule is CC.Cc1cc(-c2ccnc(-c3cccc4cc(-c5c(F)cccc5F)nnc34)n2)no1. The van der Waals surface area contributed by atoms with Crippen molar-refractivity contribution in [2.45, 2.75) is 20.8 Å². The molecular formula is C24H19F2N5O. The molecule has 5 aromatic rings. The van der Waals surface area contributed by atoms with Crippen LogP contribution in [0.15, 0.2) is 65.3 Å². The lowest BCUT2D eigenvalue weighted by atomic mass is 10.1. The first-order chi connectivity index (χ1) is 15.6. The van der Waals surface area contributed by atoms with Crippen LogP contribution in [0, 0.1) is 18.6 Å². The molecule has 0 spiro atoms. The number of rotatable bonds is 3. The van der Waals surface area contributed by atoms with E-state index >= 15 is 0 Å². The topological polar surface area (TPSA) is 77.6 Å². The van der Waals surface area contributed by atoms with Gasteiger partial charge >= 0.3 is 0 Å². The fourth-order valence-electron chi connectivity index (χ4n) is 3.23. The van der Waals surface area contributed by atoms with Gasteiger partial charge in [-0.05, 0) is 37.3 Å². The largest absolute Gasteiger partial charge is 0.361 e. The van der Waals surface area contributed by atoms with Crippen molar-refractivity contribution in [1.29, 1.82) is 0 Å². The number of halogens is 2. The predicted octanol–water partition coefficient (Wildman–Crippen LogP) is 6.02. The molecule has 0 aliphatic heterocycles. The third kappa shape index (κ3) is 3.94. The Morgan fingerprint density at radius 2 is 1.56 bits per heavy atom. The van der Waals surface area contributed by atoms with Gasteiger partial charge in [0.1, 0.15) is 28.6 Å². The summed E-state index contributed by atoms with van der Waals surface area (Å²) in [6.07, 6.45) is 1.62. The van der Waals surface area contributed by atoms with Gasteiger partial charge < -0.3 is 4.52 Å². The predicted molar refractivity (Wildman–Crippen MR) is 117 cm³/mol. The Balaban J connectivity index is 0.00000119. The summed E-state index contributed by atoms with van der Waals surface area (Å²) in [6.45, 7) is 5.80. The molecule has 0 aliphatic rings. The second kappa shape index (κ2) is 8.97. The molecular weight excluding hydrogens is 412 g/mol. The third-order valence-corrected chi connectivity index (χ3v) is 4.62. The Hall–Kier alpha value is -4.07. The van der Waals surface area contributed by atoms with Gasteiger partial charge in [-0.2, -0.15) is 0 Å². The second-order valence-electron chi connectivity index (χ2n) is 6.66. The minimum absolute atomic E-state index is 0.114.